The van der Waals surface area contributed by atoms with Gasteiger partial charge in [-0.3, -0.25) is 14.0 Å². The first-order chi connectivity index (χ1) is 18.0. The van der Waals surface area contributed by atoms with Crippen molar-refractivity contribution in [3.8, 4) is 0 Å². The Kier molecular flexibility index (Phi) is 15.6. The zero-order valence-electron chi connectivity index (χ0n) is 23.5. The molecule has 0 aliphatic carbocycles. The monoisotopic (exact) mass is 664 g/mol. The van der Waals surface area contributed by atoms with E-state index in [0.717, 1.165) is 32.9 Å². The number of hydrogen-bond acceptors (Lipinski definition) is 9. The molecule has 214 valence electrons. The average molecular weight is 666 g/mol. The molecule has 3 heterocycles. The number of nitrogens with zero attached hydrogens (tertiary/aromatic N) is 6. The molecule has 0 unspecified atom stereocenters. The Morgan fingerprint density at radius 1 is 0.789 bits per heavy atom. The lowest BCUT2D eigenvalue weighted by molar-refractivity contribution is -0.301. The molecule has 38 heavy (non-hydrogen) atoms. The van der Waals surface area contributed by atoms with Crippen LogP contribution < -0.4 is 0 Å². The van der Waals surface area contributed by atoms with Gasteiger partial charge in [-0.05, 0) is 79.5 Å². The largest absolute Gasteiger partial charge is 0.461 e. The van der Waals surface area contributed by atoms with Crippen molar-refractivity contribution in [3.05, 3.63) is 49.2 Å². The van der Waals surface area contributed by atoms with E-state index in [1.54, 1.807) is 18.7 Å². The first kappa shape index (κ1) is 33.9. The SMILES string of the molecule is CCOC(=O)c1c(Br)c(C)nn1C.CCOOCc1cc(C)n(C)n1.CCOOCc1nn(C)c(C)c1Br. The molecule has 0 fully saturated rings. The van der Waals surface area contributed by atoms with E-state index in [9.17, 15) is 4.79 Å². The second-order valence-corrected chi connectivity index (χ2v) is 9.39. The predicted molar refractivity (Wildman–Crippen MR) is 148 cm³/mol. The maximum absolute atomic E-state index is 11.4. The molecule has 0 atom stereocenters. The van der Waals surface area contributed by atoms with Crippen molar-refractivity contribution in [2.75, 3.05) is 19.8 Å². The molecule has 0 aliphatic heterocycles. The number of aromatic nitrogens is 6. The third-order valence-corrected chi connectivity index (χ3v) is 6.90. The van der Waals surface area contributed by atoms with Crippen LogP contribution in [0.5, 0.6) is 0 Å². The van der Waals surface area contributed by atoms with Crippen molar-refractivity contribution in [1.82, 2.24) is 29.3 Å². The predicted octanol–water partition coefficient (Wildman–Crippen LogP) is 4.82. The highest BCUT2D eigenvalue weighted by Crippen LogP contribution is 2.21. The van der Waals surface area contributed by atoms with E-state index in [1.165, 1.54) is 4.68 Å². The van der Waals surface area contributed by atoms with Gasteiger partial charge in [-0.25, -0.2) is 24.3 Å². The fourth-order valence-corrected chi connectivity index (χ4v) is 3.82. The molecular formula is C24H38Br2N6O6. The molecular weight excluding hydrogens is 628 g/mol. The number of halogens is 2. The van der Waals surface area contributed by atoms with Gasteiger partial charge < -0.3 is 4.74 Å². The zero-order valence-corrected chi connectivity index (χ0v) is 26.7. The molecule has 0 saturated carbocycles. The van der Waals surface area contributed by atoms with Gasteiger partial charge in [0.1, 0.15) is 18.9 Å². The van der Waals surface area contributed by atoms with E-state index in [2.05, 4.69) is 47.2 Å². The van der Waals surface area contributed by atoms with Crippen LogP contribution in [0.2, 0.25) is 0 Å². The number of ether oxygens (including phenoxy) is 1. The molecule has 0 aromatic carbocycles. The first-order valence-corrected chi connectivity index (χ1v) is 13.6. The topological polar surface area (TPSA) is 117 Å². The normalized spacial score (nSPS) is 10.5. The van der Waals surface area contributed by atoms with Gasteiger partial charge in [-0.2, -0.15) is 15.3 Å². The van der Waals surface area contributed by atoms with Crippen molar-refractivity contribution >= 4 is 37.8 Å². The summed E-state index contributed by atoms with van der Waals surface area (Å²) in [5.41, 5.74) is 5.18. The smallest absolute Gasteiger partial charge is 0.357 e. The second kappa shape index (κ2) is 17.5. The molecule has 12 nitrogen and oxygen atoms in total. The molecule has 0 bridgehead atoms. The molecule has 0 radical (unpaired) electrons. The Balaban J connectivity index is 0.000000285. The van der Waals surface area contributed by atoms with Crippen molar-refractivity contribution in [1.29, 1.82) is 0 Å². The van der Waals surface area contributed by atoms with Gasteiger partial charge in [0.25, 0.3) is 0 Å². The quantitative estimate of drug-likeness (QED) is 0.130. The van der Waals surface area contributed by atoms with Gasteiger partial charge in [0, 0.05) is 32.5 Å². The van der Waals surface area contributed by atoms with Gasteiger partial charge in [-0.15, -0.1) is 0 Å². The number of aryl methyl sites for hydroxylation is 5. The summed E-state index contributed by atoms with van der Waals surface area (Å²) < 4.78 is 11.7. The molecule has 0 amide bonds. The second-order valence-electron chi connectivity index (χ2n) is 7.80. The van der Waals surface area contributed by atoms with Crippen LogP contribution in [0.25, 0.3) is 0 Å². The van der Waals surface area contributed by atoms with Crippen LogP contribution in [-0.2, 0) is 58.6 Å². The average Bonchev–Trinajstić information content (AvgIpc) is 3.42. The summed E-state index contributed by atoms with van der Waals surface area (Å²) in [6.45, 7) is 13.6. The molecule has 0 spiro atoms. The lowest BCUT2D eigenvalue weighted by atomic mass is 10.4. The summed E-state index contributed by atoms with van der Waals surface area (Å²) in [4.78, 5) is 30.7. The molecule has 14 heteroatoms. The van der Waals surface area contributed by atoms with Gasteiger partial charge in [0.2, 0.25) is 0 Å². The number of carbonyl (C=O) groups excluding carboxylic acids is 1. The van der Waals surface area contributed by atoms with E-state index in [-0.39, 0.29) is 5.97 Å². The summed E-state index contributed by atoms with van der Waals surface area (Å²) in [5, 5.41) is 12.5. The number of carbonyl (C=O) groups is 1. The summed E-state index contributed by atoms with van der Waals surface area (Å²) in [7, 11) is 5.51. The Labute approximate surface area is 240 Å². The molecule has 0 N–H and O–H groups in total. The van der Waals surface area contributed by atoms with E-state index in [0.29, 0.717) is 43.2 Å². The Hall–Kier alpha value is -2.10. The summed E-state index contributed by atoms with van der Waals surface area (Å²) in [5.74, 6) is -0.350. The van der Waals surface area contributed by atoms with Crippen LogP contribution >= 0.6 is 31.9 Å². The van der Waals surface area contributed by atoms with E-state index in [1.807, 2.05) is 59.5 Å². The minimum absolute atomic E-state index is 0.350. The van der Waals surface area contributed by atoms with Gasteiger partial charge in [0.15, 0.2) is 5.69 Å². The maximum atomic E-state index is 11.4. The van der Waals surface area contributed by atoms with Crippen LogP contribution in [0.4, 0.5) is 0 Å². The minimum Gasteiger partial charge on any atom is -0.461 e. The molecule has 0 saturated heterocycles. The van der Waals surface area contributed by atoms with Crippen molar-refractivity contribution < 1.29 is 29.1 Å². The Bertz CT molecular complexity index is 1120. The van der Waals surface area contributed by atoms with Gasteiger partial charge in [0.05, 0.1) is 40.2 Å². The van der Waals surface area contributed by atoms with Gasteiger partial charge >= 0.3 is 5.97 Å². The third kappa shape index (κ3) is 10.6. The minimum atomic E-state index is -0.350. The van der Waals surface area contributed by atoms with Crippen LogP contribution in [0, 0.1) is 20.8 Å². The summed E-state index contributed by atoms with van der Waals surface area (Å²) in [6.07, 6.45) is 0. The van der Waals surface area contributed by atoms with E-state index >= 15 is 0 Å². The number of esters is 1. The number of hydrogen-bond donors (Lipinski definition) is 0. The van der Waals surface area contributed by atoms with Crippen molar-refractivity contribution in [2.24, 2.45) is 21.1 Å². The van der Waals surface area contributed by atoms with E-state index < -0.39 is 0 Å². The summed E-state index contributed by atoms with van der Waals surface area (Å²) in [6, 6.07) is 1.97. The van der Waals surface area contributed by atoms with Crippen LogP contribution in [-0.4, -0.2) is 55.1 Å². The van der Waals surface area contributed by atoms with Crippen molar-refractivity contribution in [3.63, 3.8) is 0 Å². The molecule has 0 aliphatic rings. The van der Waals surface area contributed by atoms with E-state index in [4.69, 9.17) is 24.3 Å². The Morgan fingerprint density at radius 3 is 1.82 bits per heavy atom. The lowest BCUT2D eigenvalue weighted by Crippen LogP contribution is -2.10. The fraction of sp³-hybridized carbons (Fsp3) is 0.583. The third-order valence-electron chi connectivity index (χ3n) is 4.91. The molecule has 3 rings (SSSR count). The zero-order chi connectivity index (χ0) is 28.8. The highest BCUT2D eigenvalue weighted by Gasteiger charge is 2.18. The number of rotatable bonds is 10. The standard InChI is InChI=1S/C8H13BrN2O2.C8H11BrN2O2.C8H14N2O2/c1-4-12-13-5-7-8(9)6(2)11(3)10-7;1-4-13-8(12)7-6(9)5(2)10-11(7)3;1-4-11-12-6-8-5-7(2)10(3)9-8/h4-5H2,1-3H3;4H2,1-3H3;5H,4,6H2,1-3H3. The molecule has 3 aromatic rings. The van der Waals surface area contributed by atoms with Crippen LogP contribution in [0.15, 0.2) is 15.0 Å². The highest BCUT2D eigenvalue weighted by molar-refractivity contribution is 9.10. The lowest BCUT2D eigenvalue weighted by Gasteiger charge is -2.01. The van der Waals surface area contributed by atoms with Crippen LogP contribution in [0.1, 0.15) is 59.7 Å². The van der Waals surface area contributed by atoms with Crippen molar-refractivity contribution in [2.45, 2.75) is 54.8 Å². The van der Waals surface area contributed by atoms with Gasteiger partial charge in [-0.1, -0.05) is 0 Å². The summed E-state index contributed by atoms with van der Waals surface area (Å²) >= 11 is 6.72. The highest BCUT2D eigenvalue weighted by atomic mass is 79.9. The Morgan fingerprint density at radius 2 is 1.39 bits per heavy atom. The van der Waals surface area contributed by atoms with Crippen LogP contribution in [0.3, 0.4) is 0 Å². The maximum Gasteiger partial charge on any atom is 0.357 e. The fourth-order valence-electron chi connectivity index (χ4n) is 2.87. The first-order valence-electron chi connectivity index (χ1n) is 12.0. The molecule has 3 aromatic heterocycles.